The number of carbonyl (C=O) groups excluding carboxylic acids is 4. The van der Waals surface area contributed by atoms with Crippen molar-refractivity contribution in [2.75, 3.05) is 63.4 Å². The summed E-state index contributed by atoms with van der Waals surface area (Å²) in [5.74, 6) is 0.0302. The Morgan fingerprint density at radius 1 is 0.311 bits per heavy atom. The number of rotatable bonds is 34. The highest BCUT2D eigenvalue weighted by Crippen LogP contribution is 2.32. The van der Waals surface area contributed by atoms with Crippen molar-refractivity contribution in [1.82, 2.24) is 0 Å². The molecule has 0 aliphatic heterocycles. The molecule has 10 aromatic carbocycles. The Morgan fingerprint density at radius 3 is 0.748 bits per heavy atom. The predicted octanol–water partition coefficient (Wildman–Crippen LogP) is 13.0. The molecule has 0 heterocycles. The number of anilines is 2. The van der Waals surface area contributed by atoms with Crippen molar-refractivity contribution in [1.29, 1.82) is 0 Å². The maximum absolute atomic E-state index is 13.7. The Morgan fingerprint density at radius 2 is 0.524 bits per heavy atom. The summed E-state index contributed by atoms with van der Waals surface area (Å²) in [7, 11) is -0.170. The van der Waals surface area contributed by atoms with Gasteiger partial charge in [-0.2, -0.15) is 0 Å². The van der Waals surface area contributed by atoms with Crippen LogP contribution in [0.4, 0.5) is 11.4 Å². The van der Waals surface area contributed by atoms with Crippen LogP contribution in [-0.2, 0) is 29.0 Å². The van der Waals surface area contributed by atoms with Crippen LogP contribution < -0.4 is 47.7 Å². The lowest BCUT2D eigenvalue weighted by atomic mass is 10.1. The molecule has 0 amide bonds. The summed E-state index contributed by atoms with van der Waals surface area (Å²) >= 11 is 0. The van der Waals surface area contributed by atoms with E-state index in [1.807, 2.05) is 106 Å². The van der Waals surface area contributed by atoms with Crippen molar-refractivity contribution >= 4 is 45.1 Å². The van der Waals surface area contributed by atoms with Crippen LogP contribution in [0.25, 0.3) is 44.5 Å². The largest absolute Gasteiger partial charge is 0.491 e. The van der Waals surface area contributed by atoms with Crippen molar-refractivity contribution in [2.45, 2.75) is 73.7 Å². The minimum Gasteiger partial charge on any atom is -0.491 e. The predicted molar refractivity (Wildman–Crippen MR) is 391 cm³/mol. The number of carbonyl (C=O) groups is 4. The summed E-state index contributed by atoms with van der Waals surface area (Å²) in [5.41, 5.74) is 8.14. The molecule has 10 rings (SSSR count). The van der Waals surface area contributed by atoms with Crippen LogP contribution in [0.3, 0.4) is 0 Å². The van der Waals surface area contributed by atoms with E-state index in [4.69, 9.17) is 37.9 Å². The third-order valence-corrected chi connectivity index (χ3v) is 18.2. The van der Waals surface area contributed by atoms with E-state index in [2.05, 4.69) is 0 Å². The number of sulfone groups is 1. The Labute approximate surface area is 598 Å². The van der Waals surface area contributed by atoms with E-state index in [9.17, 15) is 48.0 Å². The van der Waals surface area contributed by atoms with E-state index in [0.29, 0.717) is 41.5 Å². The first kappa shape index (κ1) is 74.4. The molecule has 0 radical (unpaired) electrons. The number of ether oxygens (including phenoxy) is 8. The van der Waals surface area contributed by atoms with Crippen LogP contribution in [0, 0.1) is 0 Å². The summed E-state index contributed by atoms with van der Waals surface area (Å²) < 4.78 is 72.5. The van der Waals surface area contributed by atoms with E-state index < -0.39 is 71.0 Å². The molecule has 0 saturated carbocycles. The maximum atomic E-state index is 13.7. The van der Waals surface area contributed by atoms with Gasteiger partial charge in [0, 0.05) is 38.6 Å². The van der Waals surface area contributed by atoms with Gasteiger partial charge < -0.3 is 68.1 Å². The van der Waals surface area contributed by atoms with Gasteiger partial charge in [0.2, 0.25) is 9.84 Å². The average Bonchev–Trinajstić information content (AvgIpc) is 0.798. The number of aliphatic hydroxyl groups is 4. The van der Waals surface area contributed by atoms with Gasteiger partial charge >= 0.3 is 23.9 Å². The topological polar surface area (TPSA) is 264 Å². The molecule has 10 aromatic rings. The molecule has 0 aliphatic rings. The molecule has 0 fully saturated rings. The molecule has 20 nitrogen and oxygen atoms in total. The lowest BCUT2D eigenvalue weighted by Gasteiger charge is -2.29. The van der Waals surface area contributed by atoms with Gasteiger partial charge in [0.15, 0.2) is 0 Å². The number of hydrogen-bond acceptors (Lipinski definition) is 20. The maximum Gasteiger partial charge on any atom is 0.322 e. The molecule has 0 aromatic heterocycles. The number of esters is 4. The van der Waals surface area contributed by atoms with Gasteiger partial charge in [0.1, 0.15) is 97.5 Å². The lowest BCUT2D eigenvalue weighted by Crippen LogP contribution is -2.41. The fourth-order valence-corrected chi connectivity index (χ4v) is 11.8. The molecule has 0 aliphatic carbocycles. The Bertz CT molecular complexity index is 4280. The molecule has 4 atom stereocenters. The van der Waals surface area contributed by atoms with Gasteiger partial charge in [-0.25, -0.2) is 8.42 Å². The summed E-state index contributed by atoms with van der Waals surface area (Å²) in [6.45, 7) is 3.82. The summed E-state index contributed by atoms with van der Waals surface area (Å²) in [5, 5.41) is 42.5. The average molecular weight is 1410 g/mol. The molecule has 103 heavy (non-hydrogen) atoms. The van der Waals surface area contributed by atoms with Crippen LogP contribution in [0.15, 0.2) is 252 Å². The van der Waals surface area contributed by atoms with Crippen LogP contribution >= 0.6 is 0 Å². The lowest BCUT2D eigenvalue weighted by molar-refractivity contribution is -0.146. The van der Waals surface area contributed by atoms with Crippen LogP contribution in [0.2, 0.25) is 0 Å². The van der Waals surface area contributed by atoms with Gasteiger partial charge in [-0.1, -0.05) is 111 Å². The van der Waals surface area contributed by atoms with Gasteiger partial charge in [-0.15, -0.1) is 0 Å². The van der Waals surface area contributed by atoms with Gasteiger partial charge in [0.25, 0.3) is 0 Å². The van der Waals surface area contributed by atoms with E-state index in [0.717, 1.165) is 50.2 Å². The van der Waals surface area contributed by atoms with Gasteiger partial charge in [-0.05, 0) is 203 Å². The molecule has 4 N–H and O–H groups in total. The van der Waals surface area contributed by atoms with Crippen molar-refractivity contribution < 1.29 is 85.9 Å². The molecule has 0 saturated heterocycles. The zero-order valence-corrected chi connectivity index (χ0v) is 58.1. The minimum absolute atomic E-state index is 0.0307. The van der Waals surface area contributed by atoms with E-state index in [1.54, 1.807) is 163 Å². The Kier molecular flexibility index (Phi) is 25.9. The molecule has 4 unspecified atom stereocenters. The fraction of sp³-hybridized carbons (Fsp3) is 0.220. The molecule has 532 valence electrons. The van der Waals surface area contributed by atoms with Crippen molar-refractivity contribution in [3.8, 4) is 90.5 Å². The molecular formula is C82H80N2O18S. The smallest absolute Gasteiger partial charge is 0.322 e. The summed E-state index contributed by atoms with van der Waals surface area (Å²) in [6.07, 6.45) is -3.31. The first-order valence-corrected chi connectivity index (χ1v) is 35.0. The van der Waals surface area contributed by atoms with E-state index in [-0.39, 0.29) is 72.3 Å². The molecule has 0 spiro atoms. The normalized spacial score (nSPS) is 12.3. The molecular weight excluding hydrogens is 1330 g/mol. The highest BCUT2D eigenvalue weighted by Gasteiger charge is 2.23. The number of nitrogens with zero attached hydrogens (tertiary/aromatic N) is 2. The second-order valence-electron chi connectivity index (χ2n) is 24.4. The van der Waals surface area contributed by atoms with Crippen molar-refractivity contribution in [3.05, 3.63) is 243 Å². The zero-order valence-electron chi connectivity index (χ0n) is 57.3. The van der Waals surface area contributed by atoms with Gasteiger partial charge in [0.05, 0.1) is 22.0 Å². The second-order valence-corrected chi connectivity index (χ2v) is 26.4. The number of hydrogen-bond donors (Lipinski definition) is 4. The fourth-order valence-electron chi connectivity index (χ4n) is 10.5. The van der Waals surface area contributed by atoms with E-state index in [1.165, 1.54) is 12.1 Å². The Balaban J connectivity index is 0.686. The standard InChI is InChI=1S/C82H80N2O18S/c1-5-65(85)51-95-69-27-7-55(8-28-69)59-15-35-73(36-16-59)99-79(89)47-81(91)101-75-39-19-61(20-40-75)57-11-31-71(32-12-57)97-53-67(87)49-84(64-25-45-78(46-26-64)103(93,94)77-43-23-63(24-44-77)83(3)4)50-68(88)54-98-72-33-13-58(14-34-72)62-21-41-76(42-22-62)102-82(92)48-80(90)100-74-37-17-60(18-38-74)56-9-29-70(30-10-56)96-52-66(86)6-2/h7-46,65-68,85-88H,5-6,47-54H2,1-4H3. The number of benzene rings is 10. The molecule has 21 heteroatoms. The van der Waals surface area contributed by atoms with Gasteiger partial charge in [-0.3, -0.25) is 19.2 Å². The van der Waals surface area contributed by atoms with Crippen molar-refractivity contribution in [3.63, 3.8) is 0 Å². The minimum atomic E-state index is -3.90. The van der Waals surface area contributed by atoms with Crippen LogP contribution in [0.5, 0.6) is 46.0 Å². The Hall–Kier alpha value is -11.3. The third kappa shape index (κ3) is 21.8. The van der Waals surface area contributed by atoms with Crippen molar-refractivity contribution in [2.24, 2.45) is 0 Å². The summed E-state index contributed by atoms with van der Waals surface area (Å²) in [6, 6.07) is 69.0. The summed E-state index contributed by atoms with van der Waals surface area (Å²) in [4.78, 5) is 54.7. The second kappa shape index (κ2) is 35.8. The van der Waals surface area contributed by atoms with Crippen LogP contribution in [-0.4, -0.2) is 131 Å². The number of aliphatic hydroxyl groups excluding tert-OH is 4. The highest BCUT2D eigenvalue weighted by atomic mass is 32.2. The first-order valence-electron chi connectivity index (χ1n) is 33.5. The van der Waals surface area contributed by atoms with Crippen LogP contribution in [0.1, 0.15) is 39.5 Å². The third-order valence-electron chi connectivity index (χ3n) is 16.4. The quantitative estimate of drug-likeness (QED) is 0.0166. The van der Waals surface area contributed by atoms with E-state index >= 15 is 0 Å². The molecule has 0 bridgehead atoms. The monoisotopic (exact) mass is 1410 g/mol. The SMILES string of the molecule is CCC(O)COc1ccc(-c2ccc(OC(=O)CC(=O)Oc3ccc(-c4ccc(OCC(O)CN(CC(O)COc5ccc(-c6ccc(OC(=O)CC(=O)Oc7ccc(-c8ccc(OCC(O)CC)cc8)cc7)cc6)cc5)c5ccc(S(=O)(=O)c6ccc(N(C)C)cc6)cc5)cc4)cc3)cc2)cc1. The highest BCUT2D eigenvalue weighted by molar-refractivity contribution is 7.91. The zero-order chi connectivity index (χ0) is 72.8. The first-order chi connectivity index (χ1) is 49.7.